The van der Waals surface area contributed by atoms with Gasteiger partial charge < -0.3 is 35.9 Å². The Kier molecular flexibility index (Phi) is 287. The van der Waals surface area contributed by atoms with E-state index in [0.717, 1.165) is 0 Å². The number of rotatable bonds is 0. The van der Waals surface area contributed by atoms with Gasteiger partial charge in [0, 0.05) is 0 Å². The second-order valence-corrected chi connectivity index (χ2v) is 0. The molecule has 0 aliphatic heterocycles. The van der Waals surface area contributed by atoms with E-state index in [1.807, 2.05) is 0 Å². The van der Waals surface area contributed by atoms with Crippen molar-refractivity contribution in [1.29, 1.82) is 0 Å². The molecule has 5 heavy (non-hydrogen) atoms. The Morgan fingerprint density at radius 3 is 0.400 bits per heavy atom. The third-order valence-electron chi connectivity index (χ3n) is 0. The molecule has 0 aliphatic carbocycles. The molecule has 3 radical (unpaired) electrons. The molecular weight excluding hydrogens is 340 g/mol. The molecule has 0 spiro atoms. The minimum Gasteiger partial charge on any atom is -3.00 e. The van der Waals surface area contributed by atoms with Gasteiger partial charge in [-0.15, -0.1) is 0 Å². The zero-order valence-electron chi connectivity index (χ0n) is 1.80. The molecule has 0 fully saturated rings. The van der Waals surface area contributed by atoms with Crippen LogP contribution >= 0.6 is 0 Å². The molecule has 0 aromatic rings. The largest absolute Gasteiger partial charge is 3.00 e. The van der Waals surface area contributed by atoms with Gasteiger partial charge in [0.05, 0.1) is 0 Å². The monoisotopic (exact) mass is 339 g/mol. The maximum atomic E-state index is 0. The van der Waals surface area contributed by atoms with E-state index in [4.69, 9.17) is 0 Å². The van der Waals surface area contributed by atoms with E-state index in [1.54, 1.807) is 0 Å². The van der Waals surface area contributed by atoms with Crippen LogP contribution in [-0.2, 0) is 51.2 Å². The second-order valence-electron chi connectivity index (χ2n) is 0. The van der Waals surface area contributed by atoms with Crippen molar-refractivity contribution in [2.45, 2.75) is 0 Å². The van der Waals surface area contributed by atoms with E-state index in [9.17, 15) is 0 Å². The van der Waals surface area contributed by atoms with Crippen LogP contribution in [0.25, 0.3) is 0 Å². The number of hydrogen-bond acceptors (Lipinski definition) is 0. The third kappa shape index (κ3) is 20.4. The molecule has 0 atom stereocenters. The summed E-state index contributed by atoms with van der Waals surface area (Å²) in [5.74, 6) is 0. The summed E-state index contributed by atoms with van der Waals surface area (Å²) < 4.78 is 0. The van der Waals surface area contributed by atoms with Crippen molar-refractivity contribution in [1.82, 2.24) is 0 Å². The van der Waals surface area contributed by atoms with Crippen LogP contribution in [-0.4, -0.2) is 35.9 Å². The zero-order chi connectivity index (χ0) is 0. The van der Waals surface area contributed by atoms with Crippen molar-refractivity contribution < 1.29 is 51.2 Å². The molecule has 0 unspecified atom stereocenters. The number of hydrogen-bond donors (Lipinski definition) is 0. The first kappa shape index (κ1) is 47.8. The van der Waals surface area contributed by atoms with Crippen LogP contribution in [0.5, 0.6) is 0 Å². The summed E-state index contributed by atoms with van der Waals surface area (Å²) in [5, 5.41) is 0. The predicted molar refractivity (Wildman–Crippen MR) is 11.5 cm³/mol. The van der Waals surface area contributed by atoms with Gasteiger partial charge in [0.2, 0.25) is 0 Å². The van der Waals surface area contributed by atoms with E-state index in [-0.39, 0.29) is 87.1 Å². The second kappa shape index (κ2) is 30.0. The molecule has 5 heteroatoms. The summed E-state index contributed by atoms with van der Waals surface area (Å²) in [5.41, 5.74) is 0. The average Bonchev–Trinajstić information content (AvgIpc) is 0. The summed E-state index contributed by atoms with van der Waals surface area (Å²) >= 11 is 0. The molecule has 0 aromatic carbocycles. The molecule has 43 valence electrons. The zero-order valence-corrected chi connectivity index (χ0v) is 8.38. The Morgan fingerprint density at radius 1 is 0.400 bits per heavy atom. The van der Waals surface area contributed by atoms with Gasteiger partial charge in [-0.1, -0.05) is 0 Å². The average molecular weight is 340 g/mol. The molecule has 0 aromatic heterocycles. The Bertz CT molecular complexity index is 4.85. The smallest absolute Gasteiger partial charge is 2.00 e. The fourth-order valence-corrected chi connectivity index (χ4v) is 0. The van der Waals surface area contributed by atoms with Gasteiger partial charge in [-0.25, -0.2) is 0 Å². The van der Waals surface area contributed by atoms with Gasteiger partial charge >= 0.3 is 51.2 Å². The summed E-state index contributed by atoms with van der Waals surface area (Å²) in [7, 11) is 0. The van der Waals surface area contributed by atoms with Crippen molar-refractivity contribution in [3.63, 3.8) is 0 Å². The third-order valence-corrected chi connectivity index (χ3v) is 0. The van der Waals surface area contributed by atoms with Gasteiger partial charge in [-0.2, -0.15) is 0 Å². The van der Waals surface area contributed by atoms with E-state index in [2.05, 4.69) is 0 Å². The van der Waals surface area contributed by atoms with Gasteiger partial charge in [-0.05, 0) is 0 Å². The summed E-state index contributed by atoms with van der Waals surface area (Å²) in [6.45, 7) is 0. The minimum atomic E-state index is 0. The van der Waals surface area contributed by atoms with Crippen LogP contribution in [0.1, 0.15) is 0 Å². The molecule has 0 rings (SSSR count). The van der Waals surface area contributed by atoms with Crippen LogP contribution < -0.4 is 0 Å². The van der Waals surface area contributed by atoms with E-state index >= 15 is 0 Å². The fraction of sp³-hybridized carbons (Fsp3) is 0. The van der Waals surface area contributed by atoms with Gasteiger partial charge in [0.25, 0.3) is 0 Å². The van der Waals surface area contributed by atoms with Crippen LogP contribution in [0.2, 0.25) is 0 Å². The van der Waals surface area contributed by atoms with Gasteiger partial charge in [-0.3, -0.25) is 0 Å². The quantitative estimate of drug-likeness (QED) is 0.508. The summed E-state index contributed by atoms with van der Waals surface area (Å²) in [6.07, 6.45) is 0. The van der Waals surface area contributed by atoms with Crippen LogP contribution in [0, 0.1) is 0 Å². The molecule has 0 bridgehead atoms. The topological polar surface area (TPSA) is 0 Å². The molecule has 0 saturated heterocycles. The maximum absolute atomic E-state index is 0. The SMILES string of the molecule is [As-3].[As-3].[Cu+2].[Cu+2].[Cu+2]. The normalized spacial score (nSPS) is 0. The van der Waals surface area contributed by atoms with Crippen molar-refractivity contribution in [2.75, 3.05) is 0 Å². The standard InChI is InChI=1S/2As.3Cu/q2*-3;3*+2. The molecule has 0 amide bonds. The van der Waals surface area contributed by atoms with Crippen molar-refractivity contribution in [3.8, 4) is 0 Å². The van der Waals surface area contributed by atoms with E-state index in [1.165, 1.54) is 0 Å². The van der Waals surface area contributed by atoms with E-state index in [0.29, 0.717) is 0 Å². The summed E-state index contributed by atoms with van der Waals surface area (Å²) in [4.78, 5) is 0. The summed E-state index contributed by atoms with van der Waals surface area (Å²) in [6, 6.07) is 0. The Morgan fingerprint density at radius 2 is 0.400 bits per heavy atom. The van der Waals surface area contributed by atoms with E-state index < -0.39 is 0 Å². The maximum Gasteiger partial charge on any atom is 2.00 e. The molecule has 0 N–H and O–H groups in total. The van der Waals surface area contributed by atoms with Crippen LogP contribution in [0.4, 0.5) is 0 Å². The minimum absolute atomic E-state index is 0. The first-order valence-corrected chi connectivity index (χ1v) is 0. The molecule has 0 saturated carbocycles. The first-order valence-electron chi connectivity index (χ1n) is 0. The van der Waals surface area contributed by atoms with Crippen LogP contribution in [0.15, 0.2) is 0 Å². The molecule has 0 heterocycles. The fourth-order valence-electron chi connectivity index (χ4n) is 0. The Balaban J connectivity index is 0. The first-order chi connectivity index (χ1) is 0. The Labute approximate surface area is 86.0 Å². The Hall–Kier alpha value is 2.68. The van der Waals surface area contributed by atoms with Crippen molar-refractivity contribution >= 4 is 35.9 Å². The van der Waals surface area contributed by atoms with Crippen molar-refractivity contribution in [2.24, 2.45) is 0 Å². The molecule has 0 nitrogen and oxygen atoms in total. The predicted octanol–water partition coefficient (Wildman–Crippen LogP) is -0.769. The van der Waals surface area contributed by atoms with Gasteiger partial charge in [0.15, 0.2) is 0 Å². The van der Waals surface area contributed by atoms with Gasteiger partial charge in [0.1, 0.15) is 0 Å². The molecular formula is As2Cu3. The van der Waals surface area contributed by atoms with Crippen molar-refractivity contribution in [3.05, 3.63) is 0 Å². The molecule has 0 aliphatic rings. The van der Waals surface area contributed by atoms with Crippen LogP contribution in [0.3, 0.4) is 0 Å².